The van der Waals surface area contributed by atoms with Gasteiger partial charge in [0.25, 0.3) is 0 Å². The van der Waals surface area contributed by atoms with Gasteiger partial charge in [-0.15, -0.1) is 0 Å². The van der Waals surface area contributed by atoms with E-state index in [9.17, 15) is 19.8 Å². The van der Waals surface area contributed by atoms with Gasteiger partial charge in [-0.3, -0.25) is 14.5 Å². The van der Waals surface area contributed by atoms with E-state index in [1.54, 1.807) is 24.3 Å². The molecule has 1 amide bonds. The number of aliphatic hydroxyl groups excluding tert-OH is 2. The van der Waals surface area contributed by atoms with Crippen molar-refractivity contribution in [1.82, 2.24) is 19.4 Å². The number of hydrogen-bond acceptors (Lipinski definition) is 7. The van der Waals surface area contributed by atoms with E-state index < -0.39 is 24.2 Å². The number of amides is 1. The first-order chi connectivity index (χ1) is 19.3. The second kappa shape index (κ2) is 12.5. The van der Waals surface area contributed by atoms with Gasteiger partial charge in [0, 0.05) is 35.7 Å². The summed E-state index contributed by atoms with van der Waals surface area (Å²) in [5, 5.41) is 23.1. The van der Waals surface area contributed by atoms with Gasteiger partial charge in [-0.25, -0.2) is 9.97 Å². The Bertz CT molecular complexity index is 1440. The van der Waals surface area contributed by atoms with Gasteiger partial charge < -0.3 is 20.5 Å². The summed E-state index contributed by atoms with van der Waals surface area (Å²) in [6.45, 7) is 0.941. The van der Waals surface area contributed by atoms with Crippen LogP contribution in [0.2, 0.25) is 5.15 Å². The second-order valence-electron chi connectivity index (χ2n) is 10.9. The molecular formula is C30H34ClN5O4. The third-order valence-electron chi connectivity index (χ3n) is 8.20. The van der Waals surface area contributed by atoms with Crippen molar-refractivity contribution in [2.24, 2.45) is 17.6 Å². The molecule has 0 aliphatic heterocycles. The molecule has 4 N–H and O–H groups in total. The van der Waals surface area contributed by atoms with Gasteiger partial charge >= 0.3 is 0 Å². The van der Waals surface area contributed by atoms with Gasteiger partial charge in [-0.2, -0.15) is 0 Å². The van der Waals surface area contributed by atoms with E-state index >= 15 is 0 Å². The number of nitrogens with two attached hydrogens (primary N) is 1. The Labute approximate surface area is 238 Å². The molecule has 0 radical (unpaired) electrons. The molecular weight excluding hydrogens is 530 g/mol. The van der Waals surface area contributed by atoms with Crippen LogP contribution in [-0.2, 0) is 4.79 Å². The third kappa shape index (κ3) is 6.21. The first kappa shape index (κ1) is 28.2. The van der Waals surface area contributed by atoms with Gasteiger partial charge in [0.05, 0.1) is 30.6 Å². The zero-order chi connectivity index (χ0) is 28.2. The van der Waals surface area contributed by atoms with Crippen LogP contribution in [0.5, 0.6) is 0 Å². The smallest absolute Gasteiger partial charge is 0.248 e. The van der Waals surface area contributed by atoms with Gasteiger partial charge in [-0.05, 0) is 43.5 Å². The molecule has 40 heavy (non-hydrogen) atoms. The van der Waals surface area contributed by atoms with E-state index in [4.69, 9.17) is 17.3 Å². The number of hydrogen-bond donors (Lipinski definition) is 3. The number of fused-ring (bicyclic) bond motifs is 1. The summed E-state index contributed by atoms with van der Waals surface area (Å²) in [7, 11) is 0. The van der Waals surface area contributed by atoms with Crippen molar-refractivity contribution < 1.29 is 19.8 Å². The van der Waals surface area contributed by atoms with Crippen molar-refractivity contribution in [3.8, 4) is 11.8 Å². The van der Waals surface area contributed by atoms with Crippen LogP contribution >= 0.6 is 11.6 Å². The molecule has 0 saturated heterocycles. The Kier molecular flexibility index (Phi) is 8.81. The van der Waals surface area contributed by atoms with E-state index in [0.717, 1.165) is 25.7 Å². The lowest BCUT2D eigenvalue weighted by Gasteiger charge is -2.27. The zero-order valence-electron chi connectivity index (χ0n) is 22.2. The van der Waals surface area contributed by atoms with E-state index in [1.165, 1.54) is 12.7 Å². The summed E-state index contributed by atoms with van der Waals surface area (Å²) in [5.74, 6) is 5.66. The largest absolute Gasteiger partial charge is 0.390 e. The number of nitrogens with zero attached hydrogens (tertiary/aromatic N) is 4. The molecule has 1 unspecified atom stereocenters. The number of halogens is 1. The van der Waals surface area contributed by atoms with E-state index in [-0.39, 0.29) is 24.2 Å². The van der Waals surface area contributed by atoms with Crippen molar-refractivity contribution in [2.45, 2.75) is 56.8 Å². The summed E-state index contributed by atoms with van der Waals surface area (Å²) in [4.78, 5) is 35.1. The standard InChI is InChI=1S/C30H34ClN5O4/c31-28-23-11-13-36(30(23)34-18-33-28)24-15-22(26(38)27(24)39)16-35(17-25(37)20-8-2-1-3-9-20)12-5-7-19-6-4-10-21(14-19)29(32)40/h4,6,10-11,13-14,18,20,22,24,26-27,38-39H,1-3,8-9,12,15-17H2,(H2,32,40)/t22?,24-,26-,27+/m1/s1. The average Bonchev–Trinajstić information content (AvgIpc) is 3.51. The number of carbonyl (C=O) groups is 2. The summed E-state index contributed by atoms with van der Waals surface area (Å²) in [6, 6.07) is 8.22. The number of aliphatic hydroxyl groups is 2. The lowest BCUT2D eigenvalue weighted by atomic mass is 9.86. The Morgan fingerprint density at radius 3 is 2.70 bits per heavy atom. The lowest BCUT2D eigenvalue weighted by Crippen LogP contribution is -2.40. The highest BCUT2D eigenvalue weighted by molar-refractivity contribution is 6.33. The summed E-state index contributed by atoms with van der Waals surface area (Å²) in [5.41, 5.74) is 7.04. The Hall–Kier alpha value is -3.29. The molecule has 2 aliphatic carbocycles. The first-order valence-corrected chi connectivity index (χ1v) is 14.2. The minimum absolute atomic E-state index is 0.0546. The average molecular weight is 564 g/mol. The molecule has 5 rings (SSSR count). The summed E-state index contributed by atoms with van der Waals surface area (Å²) in [6.07, 6.45) is 6.83. The molecule has 2 saturated carbocycles. The molecule has 2 aliphatic rings. The highest BCUT2D eigenvalue weighted by Gasteiger charge is 2.43. The molecule has 0 bridgehead atoms. The van der Waals surface area contributed by atoms with Gasteiger partial charge in [0.1, 0.15) is 29.0 Å². The second-order valence-corrected chi connectivity index (χ2v) is 11.2. The number of carbonyl (C=O) groups excluding carboxylic acids is 2. The monoisotopic (exact) mass is 563 g/mol. The number of benzene rings is 1. The van der Waals surface area contributed by atoms with Crippen LogP contribution < -0.4 is 5.73 Å². The topological polar surface area (TPSA) is 135 Å². The van der Waals surface area contributed by atoms with Crippen molar-refractivity contribution in [3.63, 3.8) is 0 Å². The van der Waals surface area contributed by atoms with Crippen molar-refractivity contribution in [3.05, 3.63) is 59.1 Å². The highest BCUT2D eigenvalue weighted by Crippen LogP contribution is 2.38. The highest BCUT2D eigenvalue weighted by atomic mass is 35.5. The van der Waals surface area contributed by atoms with Crippen molar-refractivity contribution in [1.29, 1.82) is 0 Å². The van der Waals surface area contributed by atoms with Crippen molar-refractivity contribution >= 4 is 34.3 Å². The van der Waals surface area contributed by atoms with Crippen molar-refractivity contribution in [2.75, 3.05) is 19.6 Å². The summed E-state index contributed by atoms with van der Waals surface area (Å²) >= 11 is 6.22. The molecule has 2 aromatic heterocycles. The minimum Gasteiger partial charge on any atom is -0.390 e. The van der Waals surface area contributed by atoms with Crippen LogP contribution in [0.1, 0.15) is 60.5 Å². The fraction of sp³-hybridized carbons (Fsp3) is 0.467. The number of rotatable bonds is 8. The normalized spacial score (nSPS) is 23.3. The number of ketones is 1. The molecule has 4 atom stereocenters. The van der Waals surface area contributed by atoms with Crippen LogP contribution in [-0.4, -0.2) is 73.2 Å². The van der Waals surface area contributed by atoms with Gasteiger partial charge in [0.2, 0.25) is 5.91 Å². The number of Topliss-reactive ketones (excluding diaryl/α,β-unsaturated/α-hetero) is 1. The maximum absolute atomic E-state index is 13.2. The SMILES string of the molecule is NC(=O)c1cccc(C#CCN(CC(=O)C2CCCCC2)CC2C[C@@H](n3ccc4c(Cl)ncnc43)[C@H](O)[C@@H]2O)c1. The Morgan fingerprint density at radius 1 is 1.12 bits per heavy atom. The fourth-order valence-electron chi connectivity index (χ4n) is 6.06. The molecule has 9 nitrogen and oxygen atoms in total. The van der Waals surface area contributed by atoms with E-state index in [2.05, 4.69) is 21.8 Å². The van der Waals surface area contributed by atoms with Gasteiger partial charge in [0.15, 0.2) is 0 Å². The molecule has 2 heterocycles. The predicted octanol–water partition coefficient (Wildman–Crippen LogP) is 2.97. The van der Waals surface area contributed by atoms with Crippen LogP contribution in [0.3, 0.4) is 0 Å². The number of primary amides is 1. The molecule has 1 aromatic carbocycles. The maximum Gasteiger partial charge on any atom is 0.248 e. The Balaban J connectivity index is 1.33. The fourth-order valence-corrected chi connectivity index (χ4v) is 6.25. The molecule has 210 valence electrons. The maximum atomic E-state index is 13.2. The summed E-state index contributed by atoms with van der Waals surface area (Å²) < 4.78 is 1.85. The molecule has 2 fully saturated rings. The molecule has 0 spiro atoms. The first-order valence-electron chi connectivity index (χ1n) is 13.8. The Morgan fingerprint density at radius 2 is 1.93 bits per heavy atom. The van der Waals surface area contributed by atoms with E-state index in [1.807, 2.05) is 21.7 Å². The van der Waals surface area contributed by atoms with Crippen LogP contribution in [0.25, 0.3) is 11.0 Å². The molecule has 3 aromatic rings. The zero-order valence-corrected chi connectivity index (χ0v) is 23.0. The lowest BCUT2D eigenvalue weighted by molar-refractivity contribution is -0.125. The minimum atomic E-state index is -1.01. The quantitative estimate of drug-likeness (QED) is 0.283. The van der Waals surface area contributed by atoms with Crippen LogP contribution in [0.4, 0.5) is 0 Å². The number of aromatic nitrogens is 3. The van der Waals surface area contributed by atoms with Crippen LogP contribution in [0, 0.1) is 23.7 Å². The van der Waals surface area contributed by atoms with E-state index in [0.29, 0.717) is 46.8 Å². The van der Waals surface area contributed by atoms with Gasteiger partial charge in [-0.1, -0.05) is 48.8 Å². The van der Waals surface area contributed by atoms with Crippen LogP contribution in [0.15, 0.2) is 42.9 Å². The molecule has 10 heteroatoms. The third-order valence-corrected chi connectivity index (χ3v) is 8.51. The predicted molar refractivity (Wildman–Crippen MR) is 152 cm³/mol.